The van der Waals surface area contributed by atoms with Gasteiger partial charge in [-0.1, -0.05) is 30.3 Å². The predicted octanol–water partition coefficient (Wildman–Crippen LogP) is 3.10. The molecule has 1 atom stereocenters. The summed E-state index contributed by atoms with van der Waals surface area (Å²) in [5.41, 5.74) is 3.13. The molecular formula is C16H16N4S. The highest BCUT2D eigenvalue weighted by molar-refractivity contribution is 7.09. The zero-order valence-electron chi connectivity index (χ0n) is 11.7. The number of nitrogens with zero attached hydrogens (tertiary/aromatic N) is 3. The quantitative estimate of drug-likeness (QED) is 0.786. The summed E-state index contributed by atoms with van der Waals surface area (Å²) in [6, 6.07) is 10.4. The molecule has 2 aromatic heterocycles. The Hall–Kier alpha value is -2.11. The van der Waals surface area contributed by atoms with Gasteiger partial charge in [0.15, 0.2) is 0 Å². The Labute approximate surface area is 127 Å². The Morgan fingerprint density at radius 1 is 1.19 bits per heavy atom. The first-order chi connectivity index (χ1) is 10.4. The van der Waals surface area contributed by atoms with Crippen LogP contribution in [0, 0.1) is 0 Å². The van der Waals surface area contributed by atoms with Gasteiger partial charge in [0.25, 0.3) is 0 Å². The van der Waals surface area contributed by atoms with E-state index in [9.17, 15) is 0 Å². The third-order valence-corrected chi connectivity index (χ3v) is 4.16. The van der Waals surface area contributed by atoms with Crippen molar-refractivity contribution in [2.45, 2.75) is 12.5 Å². The van der Waals surface area contributed by atoms with Gasteiger partial charge in [0, 0.05) is 36.0 Å². The first-order valence-electron chi connectivity index (χ1n) is 6.80. The van der Waals surface area contributed by atoms with Crippen molar-refractivity contribution in [3.05, 3.63) is 65.0 Å². The Balaban J connectivity index is 1.78. The smallest absolute Gasteiger partial charge is 0.0952 e. The normalized spacial score (nSPS) is 12.2. The fraction of sp³-hybridized carbons (Fsp3) is 0.188. The van der Waals surface area contributed by atoms with Crippen molar-refractivity contribution in [2.24, 2.45) is 0 Å². The summed E-state index contributed by atoms with van der Waals surface area (Å²) >= 11 is 1.68. The number of nitrogens with one attached hydrogen (secondary N) is 1. The number of benzene rings is 1. The highest BCUT2D eigenvalue weighted by Crippen LogP contribution is 2.24. The molecule has 1 aromatic carbocycles. The minimum atomic E-state index is 0.133. The van der Waals surface area contributed by atoms with Crippen LogP contribution in [0.2, 0.25) is 0 Å². The molecule has 3 aromatic rings. The topological polar surface area (TPSA) is 50.7 Å². The second-order valence-electron chi connectivity index (χ2n) is 4.67. The Morgan fingerprint density at radius 3 is 2.76 bits per heavy atom. The van der Waals surface area contributed by atoms with E-state index in [1.807, 2.05) is 25.2 Å². The van der Waals surface area contributed by atoms with Crippen LogP contribution in [0.4, 0.5) is 0 Å². The van der Waals surface area contributed by atoms with Crippen LogP contribution in [-0.4, -0.2) is 22.0 Å². The lowest BCUT2D eigenvalue weighted by atomic mass is 10.1. The van der Waals surface area contributed by atoms with Crippen molar-refractivity contribution in [3.8, 4) is 11.3 Å². The van der Waals surface area contributed by atoms with Crippen molar-refractivity contribution in [3.63, 3.8) is 0 Å². The number of likely N-dealkylation sites (N-methyl/N-ethyl adjacent to an activating group) is 1. The van der Waals surface area contributed by atoms with Gasteiger partial charge in [-0.3, -0.25) is 9.97 Å². The molecule has 0 fully saturated rings. The Kier molecular flexibility index (Phi) is 4.33. The Morgan fingerprint density at radius 2 is 2.05 bits per heavy atom. The van der Waals surface area contributed by atoms with E-state index < -0.39 is 0 Å². The van der Waals surface area contributed by atoms with Crippen LogP contribution >= 0.6 is 11.3 Å². The zero-order valence-corrected chi connectivity index (χ0v) is 12.5. The van der Waals surface area contributed by atoms with Gasteiger partial charge in [0.05, 0.1) is 22.4 Å². The van der Waals surface area contributed by atoms with Crippen LogP contribution < -0.4 is 5.32 Å². The van der Waals surface area contributed by atoms with Crippen LogP contribution in [0.1, 0.15) is 16.7 Å². The average molecular weight is 296 g/mol. The van der Waals surface area contributed by atoms with Crippen molar-refractivity contribution in [2.75, 3.05) is 7.05 Å². The lowest BCUT2D eigenvalue weighted by Crippen LogP contribution is -2.20. The number of thiazole rings is 1. The van der Waals surface area contributed by atoms with E-state index in [0.29, 0.717) is 0 Å². The molecule has 1 N–H and O–H groups in total. The number of aromatic nitrogens is 3. The molecule has 106 valence electrons. The van der Waals surface area contributed by atoms with Crippen LogP contribution in [0.5, 0.6) is 0 Å². The molecule has 0 aliphatic heterocycles. The summed E-state index contributed by atoms with van der Waals surface area (Å²) in [4.78, 5) is 13.2. The van der Waals surface area contributed by atoms with Gasteiger partial charge in [-0.25, -0.2) is 4.98 Å². The maximum absolute atomic E-state index is 4.72. The summed E-state index contributed by atoms with van der Waals surface area (Å²) in [5, 5.41) is 6.48. The van der Waals surface area contributed by atoms with E-state index in [-0.39, 0.29) is 6.04 Å². The molecule has 0 radical (unpaired) electrons. The molecule has 0 aliphatic rings. The number of hydrogen-bond donors (Lipinski definition) is 1. The van der Waals surface area contributed by atoms with Crippen LogP contribution in [0.15, 0.2) is 54.3 Å². The van der Waals surface area contributed by atoms with Crippen molar-refractivity contribution >= 4 is 11.3 Å². The minimum Gasteiger partial charge on any atom is -0.311 e. The number of rotatable bonds is 5. The van der Waals surface area contributed by atoms with Gasteiger partial charge in [0.2, 0.25) is 0 Å². The molecule has 0 saturated heterocycles. The van der Waals surface area contributed by atoms with E-state index in [0.717, 1.165) is 28.4 Å². The van der Waals surface area contributed by atoms with Gasteiger partial charge < -0.3 is 5.32 Å². The zero-order chi connectivity index (χ0) is 14.5. The molecule has 4 nitrogen and oxygen atoms in total. The summed E-state index contributed by atoms with van der Waals surface area (Å²) in [6.45, 7) is 0. The highest BCUT2D eigenvalue weighted by atomic mass is 32.1. The van der Waals surface area contributed by atoms with Crippen LogP contribution in [0.3, 0.4) is 0 Å². The molecule has 0 aliphatic carbocycles. The molecule has 2 heterocycles. The third-order valence-electron chi connectivity index (χ3n) is 3.29. The second kappa shape index (κ2) is 6.56. The van der Waals surface area contributed by atoms with Crippen molar-refractivity contribution < 1.29 is 0 Å². The predicted molar refractivity (Wildman–Crippen MR) is 85.1 cm³/mol. The monoisotopic (exact) mass is 296 g/mol. The summed E-state index contributed by atoms with van der Waals surface area (Å²) in [6.07, 6.45) is 6.02. The van der Waals surface area contributed by atoms with Crippen LogP contribution in [0.25, 0.3) is 11.3 Å². The summed E-state index contributed by atoms with van der Waals surface area (Å²) < 4.78 is 0. The Bertz CT molecular complexity index is 682. The molecule has 5 heteroatoms. The van der Waals surface area contributed by atoms with Crippen LogP contribution in [-0.2, 0) is 6.42 Å². The molecule has 21 heavy (non-hydrogen) atoms. The van der Waals surface area contributed by atoms with Crippen molar-refractivity contribution in [1.29, 1.82) is 0 Å². The SMILES string of the molecule is CNC(Cc1nc(-c2ccccc2)cs1)c1cnccn1. The van der Waals surface area contributed by atoms with Gasteiger partial charge in [-0.05, 0) is 7.05 Å². The molecule has 0 saturated carbocycles. The minimum absolute atomic E-state index is 0.133. The maximum Gasteiger partial charge on any atom is 0.0952 e. The fourth-order valence-electron chi connectivity index (χ4n) is 2.17. The third kappa shape index (κ3) is 3.32. The largest absolute Gasteiger partial charge is 0.311 e. The molecular weight excluding hydrogens is 280 g/mol. The fourth-order valence-corrected chi connectivity index (χ4v) is 3.02. The summed E-state index contributed by atoms with van der Waals surface area (Å²) in [7, 11) is 1.94. The maximum atomic E-state index is 4.72. The molecule has 0 bridgehead atoms. The van der Waals surface area contributed by atoms with Gasteiger partial charge in [-0.2, -0.15) is 0 Å². The average Bonchev–Trinajstić information content (AvgIpc) is 3.03. The van der Waals surface area contributed by atoms with Gasteiger partial charge >= 0.3 is 0 Å². The molecule has 0 spiro atoms. The standard InChI is InChI=1S/C16H16N4S/c1-17-13(14-10-18-7-8-19-14)9-16-20-15(11-21-16)12-5-3-2-4-6-12/h2-8,10-11,13,17H,9H2,1H3. The summed E-state index contributed by atoms with van der Waals surface area (Å²) in [5.74, 6) is 0. The van der Waals surface area contributed by atoms with Gasteiger partial charge in [-0.15, -0.1) is 11.3 Å². The molecule has 0 amide bonds. The second-order valence-corrected chi connectivity index (χ2v) is 5.61. The van der Waals surface area contributed by atoms with E-state index in [1.165, 1.54) is 0 Å². The van der Waals surface area contributed by atoms with E-state index >= 15 is 0 Å². The lowest BCUT2D eigenvalue weighted by Gasteiger charge is -2.13. The first kappa shape index (κ1) is 13.9. The molecule has 1 unspecified atom stereocenters. The van der Waals surface area contributed by atoms with Crippen molar-refractivity contribution in [1.82, 2.24) is 20.3 Å². The molecule has 3 rings (SSSR count). The highest BCUT2D eigenvalue weighted by Gasteiger charge is 2.14. The van der Waals surface area contributed by atoms with E-state index in [1.54, 1.807) is 29.9 Å². The van der Waals surface area contributed by atoms with E-state index in [4.69, 9.17) is 4.98 Å². The van der Waals surface area contributed by atoms with E-state index in [2.05, 4.69) is 32.8 Å². The number of hydrogen-bond acceptors (Lipinski definition) is 5. The van der Waals surface area contributed by atoms with Gasteiger partial charge in [0.1, 0.15) is 0 Å². The lowest BCUT2D eigenvalue weighted by molar-refractivity contribution is 0.572. The first-order valence-corrected chi connectivity index (χ1v) is 7.68.